The average Bonchev–Trinajstić information content (AvgIpc) is 2.80. The van der Waals surface area contributed by atoms with Gasteiger partial charge < -0.3 is 19.3 Å². The van der Waals surface area contributed by atoms with Crippen LogP contribution in [0, 0.1) is 17.6 Å². The number of hydrogen-bond donors (Lipinski definition) is 1. The molecule has 1 aromatic carbocycles. The summed E-state index contributed by atoms with van der Waals surface area (Å²) in [5.74, 6) is -4.41. The SMILES string of the molecule is COCCOc1c([C@H]2C(C(=O)O)O[C@H](C)[C@H]2C)ccc(F)c1F. The van der Waals surface area contributed by atoms with Crippen LogP contribution in [0.3, 0.4) is 0 Å². The van der Waals surface area contributed by atoms with Crippen molar-refractivity contribution in [1.29, 1.82) is 0 Å². The van der Waals surface area contributed by atoms with Crippen LogP contribution in [0.5, 0.6) is 5.75 Å². The monoisotopic (exact) mass is 330 g/mol. The largest absolute Gasteiger partial charge is 0.488 e. The van der Waals surface area contributed by atoms with E-state index in [1.807, 2.05) is 6.92 Å². The Bertz CT molecular complexity index is 578. The molecule has 0 amide bonds. The Morgan fingerprint density at radius 3 is 2.61 bits per heavy atom. The molecule has 0 radical (unpaired) electrons. The van der Waals surface area contributed by atoms with Gasteiger partial charge in [0.25, 0.3) is 0 Å². The van der Waals surface area contributed by atoms with Gasteiger partial charge in [0.1, 0.15) is 6.61 Å². The first kappa shape index (κ1) is 17.6. The fraction of sp³-hybridized carbons (Fsp3) is 0.562. The van der Waals surface area contributed by atoms with Gasteiger partial charge in [0.2, 0.25) is 5.82 Å². The molecule has 1 aliphatic heterocycles. The molecule has 1 aromatic rings. The standard InChI is InChI=1S/C16H20F2O5/c1-8-9(2)23-15(16(19)20)12(8)10-4-5-11(17)13(18)14(10)22-7-6-21-3/h4-5,8-9,12,15H,6-7H2,1-3H3,(H,19,20)/t8-,9-,12+,15?/m1/s1. The molecule has 5 nitrogen and oxygen atoms in total. The van der Waals surface area contributed by atoms with Gasteiger partial charge in [0.05, 0.1) is 12.7 Å². The normalized spacial score (nSPS) is 27.2. The number of aliphatic carboxylic acids is 1. The molecule has 1 heterocycles. The smallest absolute Gasteiger partial charge is 0.333 e. The lowest BCUT2D eigenvalue weighted by Crippen LogP contribution is -2.27. The van der Waals surface area contributed by atoms with Crippen LogP contribution < -0.4 is 4.74 Å². The van der Waals surface area contributed by atoms with Gasteiger partial charge in [0.15, 0.2) is 17.7 Å². The summed E-state index contributed by atoms with van der Waals surface area (Å²) < 4.78 is 43.3. The fourth-order valence-electron chi connectivity index (χ4n) is 2.85. The molecule has 4 atom stereocenters. The minimum Gasteiger partial charge on any atom is -0.488 e. The van der Waals surface area contributed by atoms with Crippen LogP contribution in [0.2, 0.25) is 0 Å². The Labute approximate surface area is 133 Å². The summed E-state index contributed by atoms with van der Waals surface area (Å²) in [5.41, 5.74) is 0.296. The molecule has 128 valence electrons. The number of benzene rings is 1. The van der Waals surface area contributed by atoms with Gasteiger partial charge in [-0.2, -0.15) is 4.39 Å². The summed E-state index contributed by atoms with van der Waals surface area (Å²) in [4.78, 5) is 11.4. The van der Waals surface area contributed by atoms with E-state index in [1.54, 1.807) is 6.92 Å². The molecule has 0 aliphatic carbocycles. The molecule has 0 saturated carbocycles. The molecule has 1 fully saturated rings. The zero-order valence-electron chi connectivity index (χ0n) is 13.2. The number of carbonyl (C=O) groups is 1. The van der Waals surface area contributed by atoms with Gasteiger partial charge >= 0.3 is 5.97 Å². The van der Waals surface area contributed by atoms with Gasteiger partial charge in [-0.3, -0.25) is 0 Å². The van der Waals surface area contributed by atoms with E-state index in [4.69, 9.17) is 14.2 Å². The van der Waals surface area contributed by atoms with Crippen molar-refractivity contribution >= 4 is 5.97 Å². The summed E-state index contributed by atoms with van der Waals surface area (Å²) in [6.07, 6.45) is -1.45. The molecule has 1 N–H and O–H groups in total. The molecule has 1 saturated heterocycles. The highest BCUT2D eigenvalue weighted by Gasteiger charge is 2.46. The zero-order chi connectivity index (χ0) is 17.1. The Balaban J connectivity index is 2.44. The quantitative estimate of drug-likeness (QED) is 0.812. The molecule has 1 aliphatic rings. The lowest BCUT2D eigenvalue weighted by Gasteiger charge is -2.22. The number of methoxy groups -OCH3 is 1. The Morgan fingerprint density at radius 2 is 2.00 bits per heavy atom. The van der Waals surface area contributed by atoms with Crippen LogP contribution >= 0.6 is 0 Å². The molecule has 7 heteroatoms. The number of carboxylic acids is 1. The van der Waals surface area contributed by atoms with Gasteiger partial charge in [-0.15, -0.1) is 0 Å². The molecular weight excluding hydrogens is 310 g/mol. The predicted molar refractivity (Wildman–Crippen MR) is 77.6 cm³/mol. The van der Waals surface area contributed by atoms with E-state index in [0.29, 0.717) is 5.56 Å². The number of carboxylic acid groups (broad SMARTS) is 1. The topological polar surface area (TPSA) is 65.0 Å². The maximum atomic E-state index is 14.2. The second-order valence-corrected chi connectivity index (χ2v) is 5.61. The molecule has 23 heavy (non-hydrogen) atoms. The molecule has 0 bridgehead atoms. The highest BCUT2D eigenvalue weighted by atomic mass is 19.2. The number of hydrogen-bond acceptors (Lipinski definition) is 4. The van der Waals surface area contributed by atoms with Crippen molar-refractivity contribution in [3.8, 4) is 5.75 Å². The van der Waals surface area contributed by atoms with Crippen molar-refractivity contribution < 1.29 is 32.9 Å². The minimum absolute atomic E-state index is 0.0269. The van der Waals surface area contributed by atoms with Crippen LogP contribution in [0.1, 0.15) is 25.3 Å². The number of halogens is 2. The summed E-state index contributed by atoms with van der Waals surface area (Å²) in [5, 5.41) is 9.36. The van der Waals surface area contributed by atoms with Gasteiger partial charge in [-0.1, -0.05) is 13.0 Å². The van der Waals surface area contributed by atoms with Crippen molar-refractivity contribution in [2.75, 3.05) is 20.3 Å². The third-order valence-electron chi connectivity index (χ3n) is 4.21. The third kappa shape index (κ3) is 3.45. The maximum Gasteiger partial charge on any atom is 0.333 e. The highest BCUT2D eigenvalue weighted by Crippen LogP contribution is 2.44. The first-order valence-corrected chi connectivity index (χ1v) is 7.36. The molecule has 0 spiro atoms. The van der Waals surface area contributed by atoms with Gasteiger partial charge in [0, 0.05) is 18.6 Å². The van der Waals surface area contributed by atoms with E-state index < -0.39 is 29.6 Å². The Kier molecular flexibility index (Phi) is 5.54. The molecular formula is C16H20F2O5. The fourth-order valence-corrected chi connectivity index (χ4v) is 2.85. The molecule has 1 unspecified atom stereocenters. The van der Waals surface area contributed by atoms with Crippen molar-refractivity contribution in [2.45, 2.75) is 32.0 Å². The van der Waals surface area contributed by atoms with E-state index in [9.17, 15) is 18.7 Å². The number of rotatable bonds is 6. The second-order valence-electron chi connectivity index (χ2n) is 5.61. The minimum atomic E-state index is -1.14. The third-order valence-corrected chi connectivity index (χ3v) is 4.21. The van der Waals surface area contributed by atoms with E-state index in [2.05, 4.69) is 0 Å². The first-order valence-electron chi connectivity index (χ1n) is 7.36. The van der Waals surface area contributed by atoms with Crippen LogP contribution in [0.4, 0.5) is 8.78 Å². The van der Waals surface area contributed by atoms with Gasteiger partial charge in [-0.05, 0) is 18.9 Å². The summed E-state index contributed by atoms with van der Waals surface area (Å²) in [6, 6.07) is 2.33. The van der Waals surface area contributed by atoms with E-state index in [-0.39, 0.29) is 31.0 Å². The van der Waals surface area contributed by atoms with E-state index in [1.165, 1.54) is 13.2 Å². The Morgan fingerprint density at radius 1 is 1.30 bits per heavy atom. The highest BCUT2D eigenvalue weighted by molar-refractivity contribution is 5.74. The van der Waals surface area contributed by atoms with Crippen molar-refractivity contribution in [3.63, 3.8) is 0 Å². The van der Waals surface area contributed by atoms with Crippen LogP contribution in [-0.4, -0.2) is 43.6 Å². The molecule has 2 rings (SSSR count). The Hall–Kier alpha value is -1.73. The first-order chi connectivity index (χ1) is 10.9. The van der Waals surface area contributed by atoms with Gasteiger partial charge in [-0.25, -0.2) is 9.18 Å². The summed E-state index contributed by atoms with van der Waals surface area (Å²) in [7, 11) is 1.46. The van der Waals surface area contributed by atoms with Crippen LogP contribution in [0.25, 0.3) is 0 Å². The number of ether oxygens (including phenoxy) is 3. The van der Waals surface area contributed by atoms with Crippen molar-refractivity contribution in [1.82, 2.24) is 0 Å². The predicted octanol–water partition coefficient (Wildman–Crippen LogP) is 2.58. The van der Waals surface area contributed by atoms with Crippen molar-refractivity contribution in [2.24, 2.45) is 5.92 Å². The second kappa shape index (κ2) is 7.23. The zero-order valence-corrected chi connectivity index (χ0v) is 13.2. The summed E-state index contributed by atoms with van der Waals surface area (Å²) >= 11 is 0. The maximum absolute atomic E-state index is 14.2. The van der Waals surface area contributed by atoms with Crippen molar-refractivity contribution in [3.05, 3.63) is 29.3 Å². The summed E-state index contributed by atoms with van der Waals surface area (Å²) in [6.45, 7) is 3.80. The lowest BCUT2D eigenvalue weighted by molar-refractivity contribution is -0.149. The van der Waals surface area contributed by atoms with E-state index >= 15 is 0 Å². The average molecular weight is 330 g/mol. The lowest BCUT2D eigenvalue weighted by atomic mass is 9.82. The van der Waals surface area contributed by atoms with Crippen LogP contribution in [-0.2, 0) is 14.3 Å². The van der Waals surface area contributed by atoms with E-state index in [0.717, 1.165) is 6.07 Å². The molecule has 0 aromatic heterocycles. The van der Waals surface area contributed by atoms with Crippen LogP contribution in [0.15, 0.2) is 12.1 Å².